The lowest BCUT2D eigenvalue weighted by Gasteiger charge is -2.26. The number of amides is 2. The maximum absolute atomic E-state index is 12.3. The van der Waals surface area contributed by atoms with Crippen molar-refractivity contribution in [1.29, 1.82) is 0 Å². The van der Waals surface area contributed by atoms with Crippen LogP contribution < -0.4 is 0 Å². The summed E-state index contributed by atoms with van der Waals surface area (Å²) in [6, 6.07) is 9.38. The number of carbonyl (C=O) groups excluding carboxylic acids is 1. The zero-order chi connectivity index (χ0) is 13.9. The van der Waals surface area contributed by atoms with E-state index < -0.39 is 0 Å². The largest absolute Gasteiger partial charge is 0.411 e. The number of carbonyl (C=O) groups is 1. The van der Waals surface area contributed by atoms with Gasteiger partial charge in [-0.05, 0) is 18.4 Å². The average molecular weight is 274 g/mol. The Morgan fingerprint density at radius 2 is 2.15 bits per heavy atom. The Kier molecular flexibility index (Phi) is 3.56. The second-order valence-electron chi connectivity index (χ2n) is 5.00. The molecule has 0 spiro atoms. The number of piperidine rings is 1. The molecule has 2 aliphatic rings. The highest BCUT2D eigenvalue weighted by molar-refractivity contribution is 5.81. The van der Waals surface area contributed by atoms with E-state index in [1.165, 1.54) is 5.06 Å². The van der Waals surface area contributed by atoms with Crippen molar-refractivity contribution in [3.05, 3.63) is 35.9 Å². The van der Waals surface area contributed by atoms with Crippen LogP contribution in [0.3, 0.4) is 0 Å². The topological polar surface area (TPSA) is 65.4 Å². The van der Waals surface area contributed by atoms with Crippen molar-refractivity contribution in [2.24, 2.45) is 5.16 Å². The summed E-state index contributed by atoms with van der Waals surface area (Å²) >= 11 is 0. The summed E-state index contributed by atoms with van der Waals surface area (Å²) in [7, 11) is 0. The molecule has 1 aromatic carbocycles. The van der Waals surface area contributed by atoms with Crippen LogP contribution in [0, 0.1) is 0 Å². The molecule has 0 aliphatic carbocycles. The van der Waals surface area contributed by atoms with Gasteiger partial charge in [0.05, 0.1) is 12.1 Å². The first-order valence-corrected chi connectivity index (χ1v) is 6.66. The van der Waals surface area contributed by atoms with Gasteiger partial charge in [0.1, 0.15) is 12.8 Å². The van der Waals surface area contributed by atoms with Gasteiger partial charge in [-0.15, -0.1) is 0 Å². The van der Waals surface area contributed by atoms with E-state index in [1.54, 1.807) is 4.90 Å². The number of urea groups is 1. The van der Waals surface area contributed by atoms with Crippen molar-refractivity contribution >= 4 is 12.2 Å². The lowest BCUT2D eigenvalue weighted by atomic mass is 10.0. The molecule has 1 N–H and O–H groups in total. The van der Waals surface area contributed by atoms with Gasteiger partial charge in [0.25, 0.3) is 0 Å². The molecule has 2 saturated heterocycles. The van der Waals surface area contributed by atoms with Gasteiger partial charge >= 0.3 is 6.03 Å². The van der Waals surface area contributed by atoms with Crippen LogP contribution in [0.2, 0.25) is 0 Å². The monoisotopic (exact) mass is 274 g/mol. The smallest absolute Gasteiger partial charge is 0.344 e. The summed E-state index contributed by atoms with van der Waals surface area (Å²) in [5.41, 5.74) is 1.02. The van der Waals surface area contributed by atoms with Crippen molar-refractivity contribution in [3.63, 3.8) is 0 Å². The zero-order valence-corrected chi connectivity index (χ0v) is 11.0. The third-order valence-corrected chi connectivity index (χ3v) is 3.74. The third-order valence-electron chi connectivity index (χ3n) is 3.74. The van der Waals surface area contributed by atoms with Gasteiger partial charge in [-0.3, -0.25) is 4.84 Å². The SMILES string of the molecule is O=C1N2C[C@@H](CC[C@H]2/[C]=N/O)N1OCc1ccccc1. The minimum atomic E-state index is -0.255. The normalized spacial score (nSPS) is 25.7. The highest BCUT2D eigenvalue weighted by Crippen LogP contribution is 2.29. The molecule has 2 heterocycles. The number of rotatable bonds is 4. The molecule has 1 radical (unpaired) electrons. The summed E-state index contributed by atoms with van der Waals surface area (Å²) in [4.78, 5) is 19.6. The van der Waals surface area contributed by atoms with Gasteiger partial charge in [0.15, 0.2) is 0 Å². The van der Waals surface area contributed by atoms with Crippen molar-refractivity contribution < 1.29 is 14.8 Å². The van der Waals surface area contributed by atoms with Crippen LogP contribution in [-0.2, 0) is 11.4 Å². The lowest BCUT2D eigenvalue weighted by molar-refractivity contribution is -0.140. The molecule has 1 aromatic rings. The molecule has 105 valence electrons. The summed E-state index contributed by atoms with van der Waals surface area (Å²) in [6.45, 7) is 0.972. The Balaban J connectivity index is 1.65. The standard InChI is InChI=1S/C14H16N3O3/c18-14-16-9-13(7-6-12(16)8-15-19)17(14)20-10-11-4-2-1-3-5-11/h1-5,12-13,19H,6-7,9-10H2/t12-,13+/m0/s1. The second-order valence-corrected chi connectivity index (χ2v) is 5.00. The van der Waals surface area contributed by atoms with E-state index in [9.17, 15) is 4.79 Å². The van der Waals surface area contributed by atoms with Gasteiger partial charge in [0, 0.05) is 6.54 Å². The maximum atomic E-state index is 12.3. The summed E-state index contributed by atoms with van der Waals surface area (Å²) in [5, 5.41) is 13.0. The summed E-state index contributed by atoms with van der Waals surface area (Å²) < 4.78 is 0. The Bertz CT molecular complexity index is 506. The molecule has 0 unspecified atom stereocenters. The highest BCUT2D eigenvalue weighted by atomic mass is 16.7. The predicted octanol–water partition coefficient (Wildman–Crippen LogP) is 1.72. The van der Waals surface area contributed by atoms with Crippen molar-refractivity contribution in [3.8, 4) is 0 Å². The molecule has 0 aromatic heterocycles. The zero-order valence-electron chi connectivity index (χ0n) is 11.0. The predicted molar refractivity (Wildman–Crippen MR) is 71.2 cm³/mol. The molecule has 2 fully saturated rings. The molecule has 2 atom stereocenters. The first-order chi connectivity index (χ1) is 9.79. The van der Waals surface area contributed by atoms with Gasteiger partial charge in [-0.2, -0.15) is 5.06 Å². The molecule has 20 heavy (non-hydrogen) atoms. The number of nitrogens with zero attached hydrogens (tertiary/aromatic N) is 3. The number of fused-ring (bicyclic) bond motifs is 2. The van der Waals surface area contributed by atoms with Crippen LogP contribution in [0.5, 0.6) is 0 Å². The molecule has 6 nitrogen and oxygen atoms in total. The first-order valence-electron chi connectivity index (χ1n) is 6.66. The molecule has 3 rings (SSSR count). The Hall–Kier alpha value is -2.08. The van der Waals surface area contributed by atoms with E-state index in [-0.39, 0.29) is 18.1 Å². The Morgan fingerprint density at radius 3 is 2.90 bits per heavy atom. The number of hydrogen-bond donors (Lipinski definition) is 1. The maximum Gasteiger partial charge on any atom is 0.344 e. The third kappa shape index (κ3) is 2.34. The fraction of sp³-hybridized carbons (Fsp3) is 0.429. The lowest BCUT2D eigenvalue weighted by Crippen LogP contribution is -2.40. The number of hydrogen-bond acceptors (Lipinski definition) is 4. The van der Waals surface area contributed by atoms with Crippen LogP contribution in [-0.4, -0.2) is 46.0 Å². The van der Waals surface area contributed by atoms with Crippen LogP contribution in [0.1, 0.15) is 18.4 Å². The van der Waals surface area contributed by atoms with E-state index >= 15 is 0 Å². The Labute approximate surface area is 117 Å². The Morgan fingerprint density at radius 1 is 1.35 bits per heavy atom. The van der Waals surface area contributed by atoms with Gasteiger partial charge in [0.2, 0.25) is 0 Å². The minimum Gasteiger partial charge on any atom is -0.411 e. The van der Waals surface area contributed by atoms with Crippen molar-refractivity contribution in [2.45, 2.75) is 31.5 Å². The molecule has 2 aliphatic heterocycles. The van der Waals surface area contributed by atoms with E-state index in [2.05, 4.69) is 11.4 Å². The molecule has 6 heteroatoms. The van der Waals surface area contributed by atoms with Crippen LogP contribution in [0.4, 0.5) is 4.79 Å². The van der Waals surface area contributed by atoms with E-state index in [1.807, 2.05) is 30.3 Å². The van der Waals surface area contributed by atoms with Crippen LogP contribution >= 0.6 is 0 Å². The number of benzene rings is 1. The fourth-order valence-corrected chi connectivity index (χ4v) is 2.72. The average Bonchev–Trinajstić information content (AvgIpc) is 2.73. The quantitative estimate of drug-likeness (QED) is 0.516. The summed E-state index contributed by atoms with van der Waals surface area (Å²) in [6.07, 6.45) is 4.11. The van der Waals surface area contributed by atoms with Gasteiger partial charge < -0.3 is 10.1 Å². The second kappa shape index (κ2) is 5.50. The molecular weight excluding hydrogens is 258 g/mol. The first kappa shape index (κ1) is 12.9. The van der Waals surface area contributed by atoms with Crippen LogP contribution in [0.25, 0.3) is 0 Å². The van der Waals surface area contributed by atoms with Gasteiger partial charge in [-0.1, -0.05) is 35.5 Å². The molecule has 0 saturated carbocycles. The molecular formula is C14H16N3O3. The summed E-state index contributed by atoms with van der Waals surface area (Å²) in [5.74, 6) is 0. The van der Waals surface area contributed by atoms with Crippen molar-refractivity contribution in [1.82, 2.24) is 9.96 Å². The number of hydroxylamine groups is 2. The molecule has 2 bridgehead atoms. The van der Waals surface area contributed by atoms with E-state index in [0.717, 1.165) is 18.4 Å². The van der Waals surface area contributed by atoms with Crippen molar-refractivity contribution in [2.75, 3.05) is 6.54 Å². The minimum absolute atomic E-state index is 0.0722. The fourth-order valence-electron chi connectivity index (χ4n) is 2.72. The van der Waals surface area contributed by atoms with Gasteiger partial charge in [-0.25, -0.2) is 4.79 Å². The molecule has 2 amide bonds. The van der Waals surface area contributed by atoms with E-state index in [0.29, 0.717) is 13.2 Å². The van der Waals surface area contributed by atoms with Crippen LogP contribution in [0.15, 0.2) is 35.5 Å². The van der Waals surface area contributed by atoms with E-state index in [4.69, 9.17) is 10.0 Å². The highest BCUT2D eigenvalue weighted by Gasteiger charge is 2.45.